The molecule has 1 saturated carbocycles. The number of methoxy groups -OCH3 is 1. The van der Waals surface area contributed by atoms with Gasteiger partial charge in [0.05, 0.1) is 19.7 Å². The zero-order chi connectivity index (χ0) is 11.6. The first kappa shape index (κ1) is 10.7. The van der Waals surface area contributed by atoms with Crippen LogP contribution < -0.4 is 10.3 Å². The minimum Gasteiger partial charge on any atom is -0.480 e. The first-order valence-electron chi connectivity index (χ1n) is 5.18. The zero-order valence-corrected chi connectivity index (χ0v) is 9.14. The molecule has 0 bridgehead atoms. The monoisotopic (exact) mass is 219 g/mol. The number of aromatic nitrogens is 2. The van der Waals surface area contributed by atoms with Crippen molar-refractivity contribution in [2.45, 2.75) is 25.8 Å². The Labute approximate surface area is 93.3 Å². The van der Waals surface area contributed by atoms with Gasteiger partial charge in [-0.15, -0.1) is 5.10 Å². The van der Waals surface area contributed by atoms with Crippen molar-refractivity contribution < 1.29 is 4.74 Å². The minimum absolute atomic E-state index is 0.0298. The Morgan fingerprint density at radius 1 is 1.62 bits per heavy atom. The largest absolute Gasteiger partial charge is 0.480 e. The summed E-state index contributed by atoms with van der Waals surface area (Å²) in [6, 6.07) is 5.15. The molecule has 1 aromatic rings. The van der Waals surface area contributed by atoms with Gasteiger partial charge < -0.3 is 4.74 Å². The van der Waals surface area contributed by atoms with E-state index >= 15 is 0 Å². The lowest BCUT2D eigenvalue weighted by Crippen LogP contribution is -2.26. The van der Waals surface area contributed by atoms with Crippen molar-refractivity contribution in [2.24, 2.45) is 5.41 Å². The van der Waals surface area contributed by atoms with Crippen LogP contribution in [0.25, 0.3) is 0 Å². The van der Waals surface area contributed by atoms with Crippen molar-refractivity contribution in [3.05, 3.63) is 22.5 Å². The first-order valence-corrected chi connectivity index (χ1v) is 5.18. The van der Waals surface area contributed by atoms with E-state index in [0.29, 0.717) is 18.8 Å². The van der Waals surface area contributed by atoms with Crippen molar-refractivity contribution in [1.82, 2.24) is 9.78 Å². The van der Waals surface area contributed by atoms with Crippen LogP contribution in [-0.4, -0.2) is 16.9 Å². The number of rotatable bonds is 4. The highest BCUT2D eigenvalue weighted by molar-refractivity contribution is 5.07. The average molecular weight is 219 g/mol. The molecule has 1 aromatic heterocycles. The molecule has 0 atom stereocenters. The summed E-state index contributed by atoms with van der Waals surface area (Å²) < 4.78 is 6.36. The van der Waals surface area contributed by atoms with Crippen LogP contribution in [0.15, 0.2) is 16.9 Å². The first-order chi connectivity index (χ1) is 7.69. The van der Waals surface area contributed by atoms with Gasteiger partial charge in [-0.25, -0.2) is 4.68 Å². The molecule has 0 unspecified atom stereocenters. The molecule has 0 radical (unpaired) electrons. The Kier molecular flexibility index (Phi) is 2.65. The summed E-state index contributed by atoms with van der Waals surface area (Å²) in [5.41, 5.74) is -0.178. The molecule has 0 spiro atoms. The summed E-state index contributed by atoms with van der Waals surface area (Å²) in [4.78, 5) is 11.6. The van der Waals surface area contributed by atoms with Crippen LogP contribution in [0.3, 0.4) is 0 Å². The molecule has 16 heavy (non-hydrogen) atoms. The molecule has 5 nitrogen and oxygen atoms in total. The van der Waals surface area contributed by atoms with E-state index in [9.17, 15) is 4.79 Å². The average Bonchev–Trinajstić information content (AvgIpc) is 3.02. The Bertz CT molecular complexity index is 483. The van der Waals surface area contributed by atoms with Crippen LogP contribution in [0.4, 0.5) is 0 Å². The van der Waals surface area contributed by atoms with Crippen molar-refractivity contribution in [1.29, 1.82) is 5.26 Å². The van der Waals surface area contributed by atoms with Gasteiger partial charge in [-0.3, -0.25) is 4.79 Å². The van der Waals surface area contributed by atoms with Gasteiger partial charge in [-0.1, -0.05) is 0 Å². The second-order valence-corrected chi connectivity index (χ2v) is 4.21. The highest BCUT2D eigenvalue weighted by atomic mass is 16.5. The lowest BCUT2D eigenvalue weighted by Gasteiger charge is -2.12. The molecule has 2 rings (SSSR count). The third kappa shape index (κ3) is 2.06. The summed E-state index contributed by atoms with van der Waals surface area (Å²) in [6.07, 6.45) is 2.47. The standard InChI is InChI=1S/C11H13N3O2/c1-16-9-2-3-10(15)14(13-9)8-11(4-5-11)6-7-12/h2-3H,4-6,8H2,1H3. The lowest BCUT2D eigenvalue weighted by molar-refractivity contribution is 0.345. The number of hydrogen-bond acceptors (Lipinski definition) is 4. The fourth-order valence-corrected chi connectivity index (χ4v) is 1.71. The minimum atomic E-state index is -0.148. The Balaban J connectivity index is 2.21. The van der Waals surface area contributed by atoms with Gasteiger partial charge in [-0.05, 0) is 12.8 Å². The molecule has 1 aliphatic carbocycles. The highest BCUT2D eigenvalue weighted by Gasteiger charge is 2.43. The normalized spacial score (nSPS) is 16.5. The maximum Gasteiger partial charge on any atom is 0.266 e. The summed E-state index contributed by atoms with van der Waals surface area (Å²) in [7, 11) is 1.51. The number of nitrogens with zero attached hydrogens (tertiary/aromatic N) is 3. The summed E-state index contributed by atoms with van der Waals surface area (Å²) in [5.74, 6) is 0.423. The fraction of sp³-hybridized carbons (Fsp3) is 0.545. The third-order valence-corrected chi connectivity index (χ3v) is 2.95. The van der Waals surface area contributed by atoms with Gasteiger partial charge >= 0.3 is 0 Å². The van der Waals surface area contributed by atoms with Gasteiger partial charge in [0.2, 0.25) is 5.88 Å². The van der Waals surface area contributed by atoms with Crippen molar-refractivity contribution >= 4 is 0 Å². The molecule has 0 amide bonds. The number of nitriles is 1. The van der Waals surface area contributed by atoms with E-state index in [1.807, 2.05) is 0 Å². The van der Waals surface area contributed by atoms with Crippen LogP contribution in [0, 0.1) is 16.7 Å². The summed E-state index contributed by atoms with van der Waals surface area (Å²) in [6.45, 7) is 0.511. The number of ether oxygens (including phenoxy) is 1. The van der Waals surface area contributed by atoms with Gasteiger partial charge in [0.1, 0.15) is 0 Å². The van der Waals surface area contributed by atoms with Crippen LogP contribution in [-0.2, 0) is 6.54 Å². The van der Waals surface area contributed by atoms with Gasteiger partial charge in [-0.2, -0.15) is 5.26 Å². The van der Waals surface area contributed by atoms with E-state index in [-0.39, 0.29) is 11.0 Å². The van der Waals surface area contributed by atoms with Gasteiger partial charge in [0, 0.05) is 24.0 Å². The van der Waals surface area contributed by atoms with Crippen molar-refractivity contribution in [2.75, 3.05) is 7.11 Å². The fourth-order valence-electron chi connectivity index (χ4n) is 1.71. The second kappa shape index (κ2) is 3.97. The molecule has 0 aromatic carbocycles. The zero-order valence-electron chi connectivity index (χ0n) is 9.14. The van der Waals surface area contributed by atoms with Crippen LogP contribution >= 0.6 is 0 Å². The molecule has 1 heterocycles. The van der Waals surface area contributed by atoms with Crippen LogP contribution in [0.2, 0.25) is 0 Å². The smallest absolute Gasteiger partial charge is 0.266 e. The van der Waals surface area contributed by atoms with Gasteiger partial charge in [0.25, 0.3) is 5.56 Å². The predicted molar refractivity (Wildman–Crippen MR) is 56.9 cm³/mol. The van der Waals surface area contributed by atoms with Crippen molar-refractivity contribution in [3.8, 4) is 11.9 Å². The molecule has 1 fully saturated rings. The van der Waals surface area contributed by atoms with E-state index in [0.717, 1.165) is 12.8 Å². The maximum absolute atomic E-state index is 11.6. The third-order valence-electron chi connectivity index (χ3n) is 2.95. The molecular weight excluding hydrogens is 206 g/mol. The van der Waals surface area contributed by atoms with Crippen LogP contribution in [0.5, 0.6) is 5.88 Å². The van der Waals surface area contributed by atoms with Crippen LogP contribution in [0.1, 0.15) is 19.3 Å². The molecular formula is C11H13N3O2. The summed E-state index contributed by atoms with van der Waals surface area (Å²) in [5, 5.41) is 12.8. The Hall–Kier alpha value is -1.83. The van der Waals surface area contributed by atoms with E-state index in [1.165, 1.54) is 17.9 Å². The molecule has 1 aliphatic rings. The molecule has 0 N–H and O–H groups in total. The quantitative estimate of drug-likeness (QED) is 0.756. The highest BCUT2D eigenvalue weighted by Crippen LogP contribution is 2.49. The van der Waals surface area contributed by atoms with Gasteiger partial charge in [0.15, 0.2) is 0 Å². The molecule has 5 heteroatoms. The van der Waals surface area contributed by atoms with Crippen molar-refractivity contribution in [3.63, 3.8) is 0 Å². The lowest BCUT2D eigenvalue weighted by atomic mass is 10.0. The van der Waals surface area contributed by atoms with E-state index in [2.05, 4.69) is 11.2 Å². The summed E-state index contributed by atoms with van der Waals surface area (Å²) >= 11 is 0. The Morgan fingerprint density at radius 3 is 2.94 bits per heavy atom. The van der Waals surface area contributed by atoms with E-state index in [1.54, 1.807) is 6.07 Å². The molecule has 0 aliphatic heterocycles. The maximum atomic E-state index is 11.6. The van der Waals surface area contributed by atoms with E-state index < -0.39 is 0 Å². The second-order valence-electron chi connectivity index (χ2n) is 4.21. The predicted octanol–water partition coefficient (Wildman–Crippen LogP) is 0.946. The number of hydrogen-bond donors (Lipinski definition) is 0. The molecule has 0 saturated heterocycles. The topological polar surface area (TPSA) is 67.9 Å². The Morgan fingerprint density at radius 2 is 2.38 bits per heavy atom. The SMILES string of the molecule is COc1ccc(=O)n(CC2(CC#N)CC2)n1. The van der Waals surface area contributed by atoms with E-state index in [4.69, 9.17) is 10.00 Å². The molecule has 84 valence electrons.